The number of hydrogen-bond acceptors (Lipinski definition) is 5. The van der Waals surface area contributed by atoms with Gasteiger partial charge in [-0.3, -0.25) is 14.5 Å². The Morgan fingerprint density at radius 3 is 2.87 bits per heavy atom. The van der Waals surface area contributed by atoms with E-state index >= 15 is 0 Å². The molecule has 0 radical (unpaired) electrons. The Bertz CT molecular complexity index is 613. The van der Waals surface area contributed by atoms with Gasteiger partial charge in [-0.15, -0.1) is 0 Å². The minimum Gasteiger partial charge on any atom is -0.366 e. The summed E-state index contributed by atoms with van der Waals surface area (Å²) in [5.41, 5.74) is 0.977. The lowest BCUT2D eigenvalue weighted by molar-refractivity contribution is -0.149. The Labute approximate surface area is 140 Å². The van der Waals surface area contributed by atoms with Crippen molar-refractivity contribution in [1.82, 2.24) is 14.4 Å². The molecule has 2 fully saturated rings. The number of morpholine rings is 1. The lowest BCUT2D eigenvalue weighted by atomic mass is 10.2. The van der Waals surface area contributed by atoms with Crippen LogP contribution in [0.15, 0.2) is 23.1 Å². The standard InChI is InChI=1S/C16H23N3O3S/c1-17-3-2-13(10-15(17)20)11-18-4-7-22-14(12-18)16(21)19-5-8-23-9-6-19/h2-3,10,14H,4-9,11-12H2,1H3. The molecule has 126 valence electrons. The summed E-state index contributed by atoms with van der Waals surface area (Å²) in [6.07, 6.45) is 1.41. The number of thioether (sulfide) groups is 1. The van der Waals surface area contributed by atoms with Gasteiger partial charge >= 0.3 is 0 Å². The minimum absolute atomic E-state index is 0.00537. The summed E-state index contributed by atoms with van der Waals surface area (Å²) >= 11 is 1.89. The molecule has 2 saturated heterocycles. The van der Waals surface area contributed by atoms with Gasteiger partial charge in [0.1, 0.15) is 6.10 Å². The summed E-state index contributed by atoms with van der Waals surface area (Å²) in [5.74, 6) is 2.13. The van der Waals surface area contributed by atoms with E-state index in [-0.39, 0.29) is 17.6 Å². The second-order valence-corrected chi connectivity index (χ2v) is 7.24. The van der Waals surface area contributed by atoms with E-state index in [9.17, 15) is 9.59 Å². The van der Waals surface area contributed by atoms with Gasteiger partial charge in [0.05, 0.1) is 6.61 Å². The monoisotopic (exact) mass is 337 g/mol. The first-order valence-electron chi connectivity index (χ1n) is 7.99. The number of carbonyl (C=O) groups excluding carboxylic acids is 1. The van der Waals surface area contributed by atoms with Crippen LogP contribution in [0.25, 0.3) is 0 Å². The summed E-state index contributed by atoms with van der Waals surface area (Å²) in [5, 5.41) is 0. The molecule has 1 atom stereocenters. The molecule has 0 aliphatic carbocycles. The molecule has 0 bridgehead atoms. The van der Waals surface area contributed by atoms with Crippen LogP contribution in [0.2, 0.25) is 0 Å². The first-order valence-corrected chi connectivity index (χ1v) is 9.15. The van der Waals surface area contributed by atoms with Crippen molar-refractivity contribution in [1.29, 1.82) is 0 Å². The van der Waals surface area contributed by atoms with E-state index in [1.54, 1.807) is 23.9 Å². The van der Waals surface area contributed by atoms with Gasteiger partial charge in [0.15, 0.2) is 0 Å². The maximum atomic E-state index is 12.6. The Balaban J connectivity index is 1.60. The summed E-state index contributed by atoms with van der Waals surface area (Å²) < 4.78 is 7.26. The first-order chi connectivity index (χ1) is 11.1. The van der Waals surface area contributed by atoms with Crippen molar-refractivity contribution >= 4 is 17.7 Å². The molecule has 3 rings (SSSR count). The van der Waals surface area contributed by atoms with Crippen LogP contribution in [0.3, 0.4) is 0 Å². The molecular weight excluding hydrogens is 314 g/mol. The quantitative estimate of drug-likeness (QED) is 0.787. The number of carbonyl (C=O) groups is 1. The van der Waals surface area contributed by atoms with Crippen molar-refractivity contribution in [2.45, 2.75) is 12.6 Å². The van der Waals surface area contributed by atoms with Crippen molar-refractivity contribution in [3.63, 3.8) is 0 Å². The molecule has 0 saturated carbocycles. The van der Waals surface area contributed by atoms with Crippen LogP contribution in [0.5, 0.6) is 0 Å². The van der Waals surface area contributed by atoms with Crippen molar-refractivity contribution in [3.05, 3.63) is 34.2 Å². The molecule has 0 spiro atoms. The smallest absolute Gasteiger partial charge is 0.253 e. The van der Waals surface area contributed by atoms with Crippen molar-refractivity contribution in [2.24, 2.45) is 7.05 Å². The van der Waals surface area contributed by atoms with Gasteiger partial charge < -0.3 is 14.2 Å². The lowest BCUT2D eigenvalue weighted by Gasteiger charge is -2.36. The number of ether oxygens (including phenoxy) is 1. The topological polar surface area (TPSA) is 54.8 Å². The molecule has 1 aromatic heterocycles. The van der Waals surface area contributed by atoms with Gasteiger partial charge in [0.25, 0.3) is 11.5 Å². The lowest BCUT2D eigenvalue weighted by Crippen LogP contribution is -2.52. The molecule has 3 heterocycles. The Morgan fingerprint density at radius 2 is 2.13 bits per heavy atom. The van der Waals surface area contributed by atoms with Gasteiger partial charge in [0, 0.05) is 63.5 Å². The Kier molecular flexibility index (Phi) is 5.40. The van der Waals surface area contributed by atoms with E-state index in [0.717, 1.165) is 36.7 Å². The maximum Gasteiger partial charge on any atom is 0.253 e. The van der Waals surface area contributed by atoms with Gasteiger partial charge in [-0.25, -0.2) is 0 Å². The molecule has 7 heteroatoms. The third-order valence-corrected chi connectivity index (χ3v) is 5.27. The number of nitrogens with zero attached hydrogens (tertiary/aromatic N) is 3. The highest BCUT2D eigenvalue weighted by atomic mass is 32.2. The van der Waals surface area contributed by atoms with Crippen molar-refractivity contribution < 1.29 is 9.53 Å². The highest BCUT2D eigenvalue weighted by molar-refractivity contribution is 7.99. The zero-order chi connectivity index (χ0) is 16.2. The predicted molar refractivity (Wildman–Crippen MR) is 90.6 cm³/mol. The van der Waals surface area contributed by atoms with Crippen LogP contribution < -0.4 is 5.56 Å². The van der Waals surface area contributed by atoms with E-state index in [1.807, 2.05) is 22.7 Å². The maximum absolute atomic E-state index is 12.6. The zero-order valence-electron chi connectivity index (χ0n) is 13.4. The molecule has 6 nitrogen and oxygen atoms in total. The van der Waals surface area contributed by atoms with Crippen molar-refractivity contribution in [2.75, 3.05) is 44.3 Å². The number of aromatic nitrogens is 1. The van der Waals surface area contributed by atoms with Crippen LogP contribution in [0, 0.1) is 0 Å². The SMILES string of the molecule is Cn1ccc(CN2CCOC(C(=O)N3CCSCC3)C2)cc1=O. The molecular formula is C16H23N3O3S. The first kappa shape index (κ1) is 16.5. The van der Waals surface area contributed by atoms with E-state index in [4.69, 9.17) is 4.74 Å². The molecule has 1 aromatic rings. The number of amides is 1. The predicted octanol–water partition coefficient (Wildman–Crippen LogP) is 0.162. The average Bonchev–Trinajstić information content (AvgIpc) is 2.58. The van der Waals surface area contributed by atoms with Crippen LogP contribution >= 0.6 is 11.8 Å². The second kappa shape index (κ2) is 7.51. The summed E-state index contributed by atoms with van der Waals surface area (Å²) in [4.78, 5) is 28.4. The fraction of sp³-hybridized carbons (Fsp3) is 0.625. The number of rotatable bonds is 3. The normalized spacial score (nSPS) is 23.0. The summed E-state index contributed by atoms with van der Waals surface area (Å²) in [7, 11) is 1.74. The average molecular weight is 337 g/mol. The van der Waals surface area contributed by atoms with Gasteiger partial charge in [-0.2, -0.15) is 11.8 Å². The molecule has 1 unspecified atom stereocenters. The van der Waals surface area contributed by atoms with E-state index < -0.39 is 0 Å². The van der Waals surface area contributed by atoms with Gasteiger partial charge in [-0.1, -0.05) is 0 Å². The zero-order valence-corrected chi connectivity index (χ0v) is 14.3. The molecule has 23 heavy (non-hydrogen) atoms. The molecule has 2 aliphatic heterocycles. The van der Waals surface area contributed by atoms with Crippen LogP contribution in [-0.2, 0) is 23.1 Å². The number of aryl methyl sites for hydroxylation is 1. The molecule has 0 N–H and O–H groups in total. The largest absolute Gasteiger partial charge is 0.366 e. The minimum atomic E-state index is -0.376. The van der Waals surface area contributed by atoms with Gasteiger partial charge in [0.2, 0.25) is 0 Å². The highest BCUT2D eigenvalue weighted by Crippen LogP contribution is 2.15. The number of hydrogen-bond donors (Lipinski definition) is 0. The van der Waals surface area contributed by atoms with Gasteiger partial charge in [-0.05, 0) is 11.6 Å². The van der Waals surface area contributed by atoms with E-state index in [0.29, 0.717) is 19.7 Å². The summed E-state index contributed by atoms with van der Waals surface area (Å²) in [6, 6.07) is 3.61. The second-order valence-electron chi connectivity index (χ2n) is 6.02. The Morgan fingerprint density at radius 1 is 1.35 bits per heavy atom. The van der Waals surface area contributed by atoms with Crippen LogP contribution in [0.4, 0.5) is 0 Å². The van der Waals surface area contributed by atoms with E-state index in [1.165, 1.54) is 0 Å². The van der Waals surface area contributed by atoms with E-state index in [2.05, 4.69) is 4.90 Å². The highest BCUT2D eigenvalue weighted by Gasteiger charge is 2.30. The summed E-state index contributed by atoms with van der Waals surface area (Å²) in [6.45, 7) is 4.26. The van der Waals surface area contributed by atoms with Crippen molar-refractivity contribution in [3.8, 4) is 0 Å². The third kappa shape index (κ3) is 4.16. The van der Waals surface area contributed by atoms with Crippen LogP contribution in [0.1, 0.15) is 5.56 Å². The molecule has 2 aliphatic rings. The molecule has 0 aromatic carbocycles. The fourth-order valence-corrected chi connectivity index (χ4v) is 3.83. The Hall–Kier alpha value is -1.31. The molecule has 1 amide bonds. The fourth-order valence-electron chi connectivity index (χ4n) is 2.93. The third-order valence-electron chi connectivity index (χ3n) is 4.32. The van der Waals surface area contributed by atoms with Crippen LogP contribution in [-0.4, -0.2) is 70.7 Å². The number of pyridine rings is 1.